The van der Waals surface area contributed by atoms with Gasteiger partial charge in [0.1, 0.15) is 17.3 Å². The summed E-state index contributed by atoms with van der Waals surface area (Å²) in [6, 6.07) is 11.7. The van der Waals surface area contributed by atoms with Gasteiger partial charge in [-0.1, -0.05) is 18.2 Å². The van der Waals surface area contributed by atoms with Gasteiger partial charge in [0.05, 0.1) is 26.5 Å². The molecule has 2 rings (SSSR count). The summed E-state index contributed by atoms with van der Waals surface area (Å²) in [4.78, 5) is 13.9. The highest BCUT2D eigenvalue weighted by molar-refractivity contribution is 5.93. The molecule has 1 N–H and O–H groups in total. The van der Waals surface area contributed by atoms with Crippen LogP contribution in [0, 0.1) is 5.82 Å². The number of hydrogen-bond acceptors (Lipinski definition) is 4. The number of anilines is 1. The summed E-state index contributed by atoms with van der Waals surface area (Å²) in [6.07, 6.45) is 0. The molecule has 0 unspecified atom stereocenters. The second-order valence-corrected chi connectivity index (χ2v) is 5.38. The fourth-order valence-electron chi connectivity index (χ4n) is 2.31. The molecule has 2 aromatic carbocycles. The molecule has 2 aromatic rings. The molecular formula is C18H21FN2O3. The van der Waals surface area contributed by atoms with Gasteiger partial charge in [0.2, 0.25) is 5.91 Å². The third-order valence-electron chi connectivity index (χ3n) is 3.49. The Hall–Kier alpha value is -2.60. The predicted octanol–water partition coefficient (Wildman–Crippen LogP) is 2.91. The van der Waals surface area contributed by atoms with Gasteiger partial charge in [-0.25, -0.2) is 4.39 Å². The highest BCUT2D eigenvalue weighted by Crippen LogP contribution is 2.28. The Kier molecular flexibility index (Phi) is 6.14. The van der Waals surface area contributed by atoms with Gasteiger partial charge in [0.15, 0.2) is 0 Å². The average molecular weight is 332 g/mol. The van der Waals surface area contributed by atoms with Crippen molar-refractivity contribution in [1.29, 1.82) is 0 Å². The molecule has 0 aliphatic rings. The first kappa shape index (κ1) is 17.7. The smallest absolute Gasteiger partial charge is 0.238 e. The van der Waals surface area contributed by atoms with Crippen molar-refractivity contribution in [3.05, 3.63) is 53.8 Å². The molecule has 0 atom stereocenters. The summed E-state index contributed by atoms with van der Waals surface area (Å²) in [5.41, 5.74) is 1.11. The summed E-state index contributed by atoms with van der Waals surface area (Å²) < 4.78 is 24.0. The molecule has 0 aromatic heterocycles. The van der Waals surface area contributed by atoms with Crippen LogP contribution in [0.3, 0.4) is 0 Å². The third-order valence-corrected chi connectivity index (χ3v) is 3.49. The van der Waals surface area contributed by atoms with E-state index in [2.05, 4.69) is 5.32 Å². The van der Waals surface area contributed by atoms with E-state index in [0.717, 1.165) is 0 Å². The topological polar surface area (TPSA) is 50.8 Å². The molecule has 0 saturated carbocycles. The zero-order valence-electron chi connectivity index (χ0n) is 14.0. The molecule has 6 heteroatoms. The van der Waals surface area contributed by atoms with Crippen LogP contribution in [-0.4, -0.2) is 38.6 Å². The van der Waals surface area contributed by atoms with Crippen LogP contribution in [0.2, 0.25) is 0 Å². The monoisotopic (exact) mass is 332 g/mol. The molecule has 0 spiro atoms. The lowest BCUT2D eigenvalue weighted by Gasteiger charge is -2.17. The molecule has 0 radical (unpaired) electrons. The van der Waals surface area contributed by atoms with Gasteiger partial charge in [0.25, 0.3) is 0 Å². The highest BCUT2D eigenvalue weighted by atomic mass is 19.1. The Balaban J connectivity index is 1.96. The Morgan fingerprint density at radius 2 is 1.92 bits per heavy atom. The Bertz CT molecular complexity index is 706. The van der Waals surface area contributed by atoms with E-state index in [9.17, 15) is 9.18 Å². The fraction of sp³-hybridized carbons (Fsp3) is 0.278. The van der Waals surface area contributed by atoms with Gasteiger partial charge < -0.3 is 14.8 Å². The van der Waals surface area contributed by atoms with E-state index in [1.807, 2.05) is 0 Å². The van der Waals surface area contributed by atoms with Crippen molar-refractivity contribution in [3.8, 4) is 11.5 Å². The number of carbonyl (C=O) groups excluding carboxylic acids is 1. The van der Waals surface area contributed by atoms with E-state index in [4.69, 9.17) is 9.47 Å². The Labute approximate surface area is 141 Å². The number of amides is 1. The molecular weight excluding hydrogens is 311 g/mol. The maximum absolute atomic E-state index is 13.6. The lowest BCUT2D eigenvalue weighted by atomic mass is 10.2. The summed E-state index contributed by atoms with van der Waals surface area (Å²) in [6.45, 7) is 0.476. The van der Waals surface area contributed by atoms with Crippen molar-refractivity contribution < 1.29 is 18.7 Å². The lowest BCUT2D eigenvalue weighted by Crippen LogP contribution is -2.30. The van der Waals surface area contributed by atoms with Crippen LogP contribution in [0.25, 0.3) is 0 Å². The zero-order chi connectivity index (χ0) is 17.5. The van der Waals surface area contributed by atoms with Crippen molar-refractivity contribution in [1.82, 2.24) is 4.90 Å². The van der Waals surface area contributed by atoms with Gasteiger partial charge in [-0.2, -0.15) is 0 Å². The number of nitrogens with one attached hydrogen (secondary N) is 1. The largest absolute Gasteiger partial charge is 0.497 e. The first-order valence-corrected chi connectivity index (χ1v) is 7.47. The van der Waals surface area contributed by atoms with Crippen molar-refractivity contribution in [2.24, 2.45) is 0 Å². The van der Waals surface area contributed by atoms with Gasteiger partial charge >= 0.3 is 0 Å². The third kappa shape index (κ3) is 4.70. The Morgan fingerprint density at radius 3 is 2.58 bits per heavy atom. The van der Waals surface area contributed by atoms with E-state index in [1.54, 1.807) is 55.5 Å². The quantitative estimate of drug-likeness (QED) is 0.847. The molecule has 1 amide bonds. The molecule has 0 bridgehead atoms. The fourth-order valence-corrected chi connectivity index (χ4v) is 2.31. The van der Waals surface area contributed by atoms with Crippen LogP contribution in [0.1, 0.15) is 5.56 Å². The summed E-state index contributed by atoms with van der Waals surface area (Å²) >= 11 is 0. The number of carbonyl (C=O) groups is 1. The molecule has 128 valence electrons. The molecule has 0 heterocycles. The molecule has 0 aliphatic carbocycles. The van der Waals surface area contributed by atoms with Crippen molar-refractivity contribution in [3.63, 3.8) is 0 Å². The maximum atomic E-state index is 13.6. The van der Waals surface area contributed by atoms with E-state index in [1.165, 1.54) is 13.2 Å². The predicted molar refractivity (Wildman–Crippen MR) is 90.9 cm³/mol. The summed E-state index contributed by atoms with van der Waals surface area (Å²) in [7, 11) is 4.84. The number of benzene rings is 2. The molecule has 0 fully saturated rings. The second-order valence-electron chi connectivity index (χ2n) is 5.38. The maximum Gasteiger partial charge on any atom is 0.238 e. The summed E-state index contributed by atoms with van der Waals surface area (Å²) in [5.74, 6) is 0.667. The van der Waals surface area contributed by atoms with Crippen molar-refractivity contribution in [2.75, 3.05) is 33.1 Å². The van der Waals surface area contributed by atoms with Gasteiger partial charge in [-0.3, -0.25) is 9.69 Å². The normalized spacial score (nSPS) is 10.5. The van der Waals surface area contributed by atoms with Crippen LogP contribution in [0.5, 0.6) is 11.5 Å². The lowest BCUT2D eigenvalue weighted by molar-refractivity contribution is -0.117. The minimum atomic E-state index is -0.276. The van der Waals surface area contributed by atoms with Crippen LogP contribution in [-0.2, 0) is 11.3 Å². The van der Waals surface area contributed by atoms with E-state index >= 15 is 0 Å². The van der Waals surface area contributed by atoms with E-state index in [-0.39, 0.29) is 18.3 Å². The summed E-state index contributed by atoms with van der Waals surface area (Å²) in [5, 5.41) is 2.79. The number of likely N-dealkylation sites (N-methyl/N-ethyl adjacent to an activating group) is 1. The van der Waals surface area contributed by atoms with Crippen LogP contribution in [0.15, 0.2) is 42.5 Å². The molecule has 0 aliphatic heterocycles. The first-order chi connectivity index (χ1) is 11.5. The minimum Gasteiger partial charge on any atom is -0.497 e. The Morgan fingerprint density at radius 1 is 1.17 bits per heavy atom. The SMILES string of the molecule is COc1ccc(NC(=O)CN(C)Cc2ccccc2F)c(OC)c1. The van der Waals surface area contributed by atoms with E-state index in [0.29, 0.717) is 29.3 Å². The van der Waals surface area contributed by atoms with Crippen LogP contribution in [0.4, 0.5) is 10.1 Å². The number of hydrogen-bond donors (Lipinski definition) is 1. The number of halogens is 1. The number of ether oxygens (including phenoxy) is 2. The standard InChI is InChI=1S/C18H21FN2O3/c1-21(11-13-6-4-5-7-15(13)19)12-18(22)20-16-9-8-14(23-2)10-17(16)24-3/h4-10H,11-12H2,1-3H3,(H,20,22). The van der Waals surface area contributed by atoms with Gasteiger partial charge in [-0.05, 0) is 25.2 Å². The zero-order valence-corrected chi connectivity index (χ0v) is 14.0. The second kappa shape index (κ2) is 8.31. The van der Waals surface area contributed by atoms with Gasteiger partial charge in [-0.15, -0.1) is 0 Å². The van der Waals surface area contributed by atoms with Crippen LogP contribution < -0.4 is 14.8 Å². The molecule has 5 nitrogen and oxygen atoms in total. The van der Waals surface area contributed by atoms with Gasteiger partial charge in [0, 0.05) is 18.2 Å². The minimum absolute atomic E-state index is 0.128. The number of nitrogens with zero attached hydrogens (tertiary/aromatic N) is 1. The number of methoxy groups -OCH3 is 2. The van der Waals surface area contributed by atoms with Crippen molar-refractivity contribution in [2.45, 2.75) is 6.54 Å². The molecule has 0 saturated heterocycles. The van der Waals surface area contributed by atoms with E-state index < -0.39 is 0 Å². The van der Waals surface area contributed by atoms with Crippen molar-refractivity contribution >= 4 is 11.6 Å². The highest BCUT2D eigenvalue weighted by Gasteiger charge is 2.12. The first-order valence-electron chi connectivity index (χ1n) is 7.47. The molecule has 24 heavy (non-hydrogen) atoms. The average Bonchev–Trinajstić information content (AvgIpc) is 2.57. The van der Waals surface area contributed by atoms with Crippen LogP contribution >= 0.6 is 0 Å². The number of rotatable bonds is 7.